The second-order valence-electron chi connectivity index (χ2n) is 8.15. The van der Waals surface area contributed by atoms with Crippen molar-refractivity contribution in [2.75, 3.05) is 12.8 Å². The highest BCUT2D eigenvalue weighted by atomic mass is 19.4. The molecule has 2 amide bonds. The molecule has 0 aliphatic carbocycles. The minimum atomic E-state index is -4.77. The molecule has 9 nitrogen and oxygen atoms in total. The molecule has 4 aromatic rings. The van der Waals surface area contributed by atoms with Gasteiger partial charge in [0.2, 0.25) is 5.91 Å². The Kier molecular flexibility index (Phi) is 6.01. The first kappa shape index (κ1) is 24.5. The van der Waals surface area contributed by atoms with Gasteiger partial charge in [0, 0.05) is 32.0 Å². The van der Waals surface area contributed by atoms with Gasteiger partial charge >= 0.3 is 6.18 Å². The number of hydrogen-bond donors (Lipinski definition) is 1. The number of nitrogens with zero attached hydrogens (tertiary/aromatic N) is 6. The predicted octanol–water partition coefficient (Wildman–Crippen LogP) is 3.63. The molecule has 0 unspecified atom stereocenters. The number of rotatable bonds is 3. The molecule has 0 aliphatic rings. The summed E-state index contributed by atoms with van der Waals surface area (Å²) >= 11 is 0. The first-order valence-corrected chi connectivity index (χ1v) is 10.6. The van der Waals surface area contributed by atoms with Gasteiger partial charge in [-0.2, -0.15) is 23.5 Å². The second kappa shape index (κ2) is 8.84. The van der Waals surface area contributed by atoms with Gasteiger partial charge in [0.15, 0.2) is 0 Å². The quantitative estimate of drug-likeness (QED) is 0.433. The largest absolute Gasteiger partial charge is 0.416 e. The van der Waals surface area contributed by atoms with E-state index in [1.807, 2.05) is 0 Å². The van der Waals surface area contributed by atoms with Gasteiger partial charge in [-0.05, 0) is 35.9 Å². The molecular formula is C24H20F3N7O2. The molecule has 0 radical (unpaired) electrons. The maximum atomic E-state index is 13.7. The first-order chi connectivity index (χ1) is 16.9. The highest BCUT2D eigenvalue weighted by Gasteiger charge is 2.35. The number of anilines is 1. The Morgan fingerprint density at radius 2 is 1.89 bits per heavy atom. The van der Waals surface area contributed by atoms with E-state index in [9.17, 15) is 22.8 Å². The van der Waals surface area contributed by atoms with Crippen LogP contribution in [0.1, 0.15) is 34.0 Å². The first-order valence-electron chi connectivity index (χ1n) is 10.6. The van der Waals surface area contributed by atoms with Crippen LogP contribution in [0.2, 0.25) is 0 Å². The van der Waals surface area contributed by atoms with Gasteiger partial charge < -0.3 is 5.73 Å². The number of nitriles is 1. The summed E-state index contributed by atoms with van der Waals surface area (Å²) in [6, 6.07) is 9.33. The van der Waals surface area contributed by atoms with E-state index in [-0.39, 0.29) is 22.5 Å². The third-order valence-corrected chi connectivity index (χ3v) is 5.87. The van der Waals surface area contributed by atoms with Crippen LogP contribution in [0.4, 0.5) is 19.0 Å². The summed E-state index contributed by atoms with van der Waals surface area (Å²) in [5, 5.41) is 16.2. The molecule has 0 saturated carbocycles. The van der Waals surface area contributed by atoms with Crippen molar-refractivity contribution in [3.05, 3.63) is 64.8 Å². The van der Waals surface area contributed by atoms with Crippen molar-refractivity contribution in [1.29, 1.82) is 5.26 Å². The Morgan fingerprint density at radius 1 is 1.17 bits per heavy atom. The van der Waals surface area contributed by atoms with Gasteiger partial charge in [0.05, 0.1) is 46.4 Å². The van der Waals surface area contributed by atoms with Crippen LogP contribution in [0.5, 0.6) is 0 Å². The molecule has 0 fully saturated rings. The number of carbonyl (C=O) groups excluding carboxylic acids is 2. The number of hydrogen-bond acceptors (Lipinski definition) is 6. The van der Waals surface area contributed by atoms with E-state index < -0.39 is 30.1 Å². The Bertz CT molecular complexity index is 1570. The number of amides is 2. The summed E-state index contributed by atoms with van der Waals surface area (Å²) in [4.78, 5) is 30.1. The van der Waals surface area contributed by atoms with E-state index in [1.54, 1.807) is 36.1 Å². The molecule has 0 bridgehead atoms. The number of carbonyl (C=O) groups is 2. The fraction of sp³-hybridized carbons (Fsp3) is 0.208. The number of halogens is 3. The zero-order valence-electron chi connectivity index (χ0n) is 19.5. The fourth-order valence-electron chi connectivity index (χ4n) is 3.93. The van der Waals surface area contributed by atoms with Gasteiger partial charge in [0.25, 0.3) is 5.91 Å². The monoisotopic (exact) mass is 495 g/mol. The zero-order valence-corrected chi connectivity index (χ0v) is 19.5. The summed E-state index contributed by atoms with van der Waals surface area (Å²) in [5.41, 5.74) is 5.75. The molecule has 0 spiro atoms. The van der Waals surface area contributed by atoms with Gasteiger partial charge in [-0.1, -0.05) is 6.07 Å². The minimum Gasteiger partial charge on any atom is -0.383 e. The molecule has 4 rings (SSSR count). The molecule has 0 atom stereocenters. The van der Waals surface area contributed by atoms with Gasteiger partial charge in [-0.15, -0.1) is 0 Å². The van der Waals surface area contributed by atoms with E-state index in [0.717, 1.165) is 22.2 Å². The van der Waals surface area contributed by atoms with Crippen molar-refractivity contribution < 1.29 is 22.8 Å². The van der Waals surface area contributed by atoms with E-state index >= 15 is 0 Å². The van der Waals surface area contributed by atoms with Crippen molar-refractivity contribution in [3.8, 4) is 6.07 Å². The molecule has 0 aliphatic heterocycles. The van der Waals surface area contributed by atoms with E-state index in [2.05, 4.69) is 10.1 Å². The van der Waals surface area contributed by atoms with Crippen molar-refractivity contribution in [2.45, 2.75) is 19.6 Å². The third-order valence-electron chi connectivity index (χ3n) is 5.87. The van der Waals surface area contributed by atoms with Gasteiger partial charge in [-0.3, -0.25) is 19.3 Å². The number of alkyl halides is 3. The Balaban J connectivity index is 1.83. The maximum Gasteiger partial charge on any atom is 0.416 e. The van der Waals surface area contributed by atoms with Crippen LogP contribution < -0.4 is 5.73 Å². The Hall–Kier alpha value is -4.66. The van der Waals surface area contributed by atoms with Crippen LogP contribution in [0.25, 0.3) is 21.8 Å². The third kappa shape index (κ3) is 4.26. The van der Waals surface area contributed by atoms with E-state index in [0.29, 0.717) is 21.8 Å². The van der Waals surface area contributed by atoms with Gasteiger partial charge in [0.1, 0.15) is 5.82 Å². The van der Waals surface area contributed by atoms with Gasteiger partial charge in [-0.25, -0.2) is 9.99 Å². The number of pyridine rings is 1. The van der Waals surface area contributed by atoms with Crippen LogP contribution in [0.3, 0.4) is 0 Å². The summed E-state index contributed by atoms with van der Waals surface area (Å²) in [5.74, 6) is -1.00. The number of aryl methyl sites for hydroxylation is 1. The van der Waals surface area contributed by atoms with Crippen LogP contribution in [0.15, 0.2) is 42.6 Å². The molecular weight excluding hydrogens is 475 g/mol. The second-order valence-corrected chi connectivity index (χ2v) is 8.15. The molecule has 0 saturated heterocycles. The summed E-state index contributed by atoms with van der Waals surface area (Å²) in [6.45, 7) is 0.630. The van der Waals surface area contributed by atoms with Crippen LogP contribution in [0, 0.1) is 11.3 Å². The number of nitrogen functional groups attached to an aromatic ring is 1. The Morgan fingerprint density at radius 3 is 2.53 bits per heavy atom. The lowest BCUT2D eigenvalue weighted by atomic mass is 10.0. The predicted molar refractivity (Wildman–Crippen MR) is 125 cm³/mol. The molecule has 2 aromatic heterocycles. The lowest BCUT2D eigenvalue weighted by molar-refractivity contribution is -0.141. The van der Waals surface area contributed by atoms with Crippen molar-refractivity contribution in [3.63, 3.8) is 0 Å². The number of aromatic nitrogens is 3. The lowest BCUT2D eigenvalue weighted by Crippen LogP contribution is -2.46. The normalized spacial score (nSPS) is 11.5. The smallest absolute Gasteiger partial charge is 0.383 e. The number of nitrogens with two attached hydrogens (primary N) is 1. The van der Waals surface area contributed by atoms with E-state index in [4.69, 9.17) is 11.0 Å². The zero-order chi connectivity index (χ0) is 26.4. The van der Waals surface area contributed by atoms with Crippen molar-refractivity contribution in [1.82, 2.24) is 24.8 Å². The van der Waals surface area contributed by atoms with Crippen LogP contribution in [-0.2, 0) is 24.6 Å². The maximum absolute atomic E-state index is 13.7. The molecule has 2 heterocycles. The molecule has 2 aromatic carbocycles. The molecule has 12 heteroatoms. The summed E-state index contributed by atoms with van der Waals surface area (Å²) in [6.07, 6.45) is -3.23. The highest BCUT2D eigenvalue weighted by molar-refractivity contribution is 6.10. The van der Waals surface area contributed by atoms with Crippen molar-refractivity contribution in [2.24, 2.45) is 7.05 Å². The molecule has 36 heavy (non-hydrogen) atoms. The van der Waals surface area contributed by atoms with Crippen LogP contribution in [-0.4, -0.2) is 43.6 Å². The average Bonchev–Trinajstić information content (AvgIpc) is 3.23. The van der Waals surface area contributed by atoms with E-state index in [1.165, 1.54) is 26.1 Å². The number of benzene rings is 2. The Labute approximate surface area is 203 Å². The topological polar surface area (TPSA) is 121 Å². The minimum absolute atomic E-state index is 0.117. The SMILES string of the molecule is CC(=O)N(C)N(Cc1ccc(C#N)cc1C(F)(F)F)C(=O)c1ccc2nc(N)c3cnn(C)c3c2c1. The number of hydrazine groups is 1. The molecule has 184 valence electrons. The number of fused-ring (bicyclic) bond motifs is 3. The highest BCUT2D eigenvalue weighted by Crippen LogP contribution is 2.34. The van der Waals surface area contributed by atoms with Crippen molar-refractivity contribution >= 4 is 39.4 Å². The summed E-state index contributed by atoms with van der Waals surface area (Å²) in [7, 11) is 2.99. The van der Waals surface area contributed by atoms with Crippen LogP contribution >= 0.6 is 0 Å². The standard InChI is InChI=1S/C24H20F3N7O2/c1-13(35)33(3)34(12-16-5-4-14(10-28)8-19(16)24(25,26)27)23(36)15-6-7-20-17(9-15)21-18(22(29)31-20)11-30-32(21)2/h4-9,11H,12H2,1-3H3,(H2,29,31). The molecule has 2 N–H and O–H groups in total. The fourth-order valence-corrected chi connectivity index (χ4v) is 3.93. The summed E-state index contributed by atoms with van der Waals surface area (Å²) < 4.78 is 42.8. The lowest BCUT2D eigenvalue weighted by Gasteiger charge is -2.32. The average molecular weight is 495 g/mol.